The molecular formula is H8Cl6Mg. The number of hydrogen-bond donors (Lipinski definition) is 0. The van der Waals surface area contributed by atoms with Crippen molar-refractivity contribution in [3.05, 3.63) is 0 Å². The van der Waals surface area contributed by atoms with E-state index in [1.165, 1.54) is 0 Å². The fraction of sp³-hybridized carbons (Fsp3) is 0. The van der Waals surface area contributed by atoms with Crippen molar-refractivity contribution < 1.29 is 0 Å². The van der Waals surface area contributed by atoms with Gasteiger partial charge in [0, 0.05) is 0 Å². The van der Waals surface area contributed by atoms with Crippen LogP contribution in [0.1, 0.15) is 0 Å². The Morgan fingerprint density at radius 3 is 0.286 bits per heavy atom. The molecule has 0 saturated heterocycles. The van der Waals surface area contributed by atoms with E-state index in [0.717, 1.165) is 0 Å². The van der Waals surface area contributed by atoms with Gasteiger partial charge in [-0.15, -0.1) is 74.4 Å². The lowest BCUT2D eigenvalue weighted by Crippen LogP contribution is -0.381. The van der Waals surface area contributed by atoms with Crippen LogP contribution in [0.3, 0.4) is 0 Å². The van der Waals surface area contributed by atoms with E-state index in [-0.39, 0.29) is 97.5 Å². The van der Waals surface area contributed by atoms with Crippen LogP contribution in [0.5, 0.6) is 0 Å². The molecule has 0 unspecified atom stereocenters. The minimum absolute atomic E-state index is 0. The van der Waals surface area contributed by atoms with Crippen LogP contribution < -0.4 is 0 Å². The zero-order chi connectivity index (χ0) is 0. The molecule has 0 amide bonds. The Labute approximate surface area is 96.6 Å². The Morgan fingerprint density at radius 1 is 0.286 bits per heavy atom. The minimum atomic E-state index is 0. The molecule has 0 atom stereocenters. The van der Waals surface area contributed by atoms with Gasteiger partial charge in [-0.25, -0.2) is 0 Å². The van der Waals surface area contributed by atoms with Crippen molar-refractivity contribution in [2.45, 2.75) is 0 Å². The van der Waals surface area contributed by atoms with Crippen LogP contribution in [0.2, 0.25) is 0 Å². The molecule has 0 heterocycles. The molecule has 0 fully saturated rings. The summed E-state index contributed by atoms with van der Waals surface area (Å²) in [5, 5.41) is 0. The van der Waals surface area contributed by atoms with E-state index in [2.05, 4.69) is 0 Å². The summed E-state index contributed by atoms with van der Waals surface area (Å²) in [4.78, 5) is 0. The second-order valence-electron chi connectivity index (χ2n) is 0. The summed E-state index contributed by atoms with van der Waals surface area (Å²) >= 11 is 0. The van der Waals surface area contributed by atoms with Crippen LogP contribution in [0.15, 0.2) is 0 Å². The van der Waals surface area contributed by atoms with Gasteiger partial charge in [-0.3, -0.25) is 0 Å². The highest BCUT2D eigenvalue weighted by Crippen LogP contribution is 0.695. The molecule has 7 heavy (non-hydrogen) atoms. The maximum atomic E-state index is 0. The van der Waals surface area contributed by atoms with Gasteiger partial charge in [0.1, 0.15) is 0 Å². The number of rotatable bonds is 0. The average molecular weight is 245 g/mol. The van der Waals surface area contributed by atoms with E-state index in [1.54, 1.807) is 0 Å². The van der Waals surface area contributed by atoms with Gasteiger partial charge in [0.05, 0.1) is 0 Å². The predicted molar refractivity (Wildman–Crippen MR) is 52.0 cm³/mol. The van der Waals surface area contributed by atoms with Crippen molar-refractivity contribution in [1.82, 2.24) is 0 Å². The zero-order valence-corrected chi connectivity index (χ0v) is 7.35. The van der Waals surface area contributed by atoms with Crippen LogP contribution in [0, 0.1) is 0 Å². The molecule has 0 radical (unpaired) electrons. The van der Waals surface area contributed by atoms with Crippen molar-refractivity contribution in [3.63, 3.8) is 0 Å². The lowest BCUT2D eigenvalue weighted by molar-refractivity contribution is 5.75. The van der Waals surface area contributed by atoms with Crippen LogP contribution in [-0.4, -0.2) is 23.1 Å². The van der Waals surface area contributed by atoms with Gasteiger partial charge in [-0.05, 0) is 0 Å². The summed E-state index contributed by atoms with van der Waals surface area (Å²) in [7, 11) is 0. The average Bonchev–Trinajstić information content (AvgIpc) is 0. The van der Waals surface area contributed by atoms with Gasteiger partial charge in [0.25, 0.3) is 0 Å². The van der Waals surface area contributed by atoms with Gasteiger partial charge in [-0.2, -0.15) is 0 Å². The maximum absolute atomic E-state index is 0. The molecule has 52 valence electrons. The van der Waals surface area contributed by atoms with Gasteiger partial charge < -0.3 is 0 Å². The molecule has 7 heteroatoms. The molecule has 0 aliphatic rings. The molecule has 0 rings (SSSR count). The van der Waals surface area contributed by atoms with E-state index < -0.39 is 0 Å². The third kappa shape index (κ3) is 57.3. The Hall–Kier alpha value is 2.51. The molecule has 0 aromatic heterocycles. The van der Waals surface area contributed by atoms with E-state index in [4.69, 9.17) is 0 Å². The highest BCUT2D eigenvalue weighted by atomic mass is 35.5. The fourth-order valence-electron chi connectivity index (χ4n) is 0. The van der Waals surface area contributed by atoms with Crippen LogP contribution >= 0.6 is 74.4 Å². The topological polar surface area (TPSA) is 0 Å². The Balaban J connectivity index is 0. The molecule has 0 aliphatic heterocycles. The van der Waals surface area contributed by atoms with Gasteiger partial charge >= 0.3 is 23.1 Å². The summed E-state index contributed by atoms with van der Waals surface area (Å²) in [6.45, 7) is 0. The standard InChI is InChI=1S/6ClH.Mg.2H/h6*1H;;;. The highest BCUT2D eigenvalue weighted by Gasteiger charge is 0.316. The summed E-state index contributed by atoms with van der Waals surface area (Å²) < 4.78 is 0. The first-order chi connectivity index (χ1) is 0. The third-order valence-corrected chi connectivity index (χ3v) is 0. The van der Waals surface area contributed by atoms with E-state index in [9.17, 15) is 0 Å². The third-order valence-electron chi connectivity index (χ3n) is 0. The summed E-state index contributed by atoms with van der Waals surface area (Å²) in [6, 6.07) is 0. The smallest absolute Gasteiger partial charge is 0.147 e. The lowest BCUT2D eigenvalue weighted by atomic mass is 24.3. The molecule has 0 aliphatic carbocycles. The Kier molecular flexibility index (Phi) is 1190. The Morgan fingerprint density at radius 2 is 0.286 bits per heavy atom. The van der Waals surface area contributed by atoms with Crippen LogP contribution in [0.4, 0.5) is 0 Å². The number of hydrogen-bond acceptors (Lipinski definition) is 0. The van der Waals surface area contributed by atoms with E-state index in [0.29, 0.717) is 0 Å². The summed E-state index contributed by atoms with van der Waals surface area (Å²) in [6.07, 6.45) is 0. The predicted octanol–water partition coefficient (Wildman–Crippen LogP) is 1.61. The maximum Gasteiger partial charge on any atom is 0.316 e. The second-order valence-corrected chi connectivity index (χ2v) is 0. The number of halogens is 6. The van der Waals surface area contributed by atoms with Gasteiger partial charge in [0.2, 0.25) is 0 Å². The lowest BCUT2D eigenvalue weighted by Gasteiger charge is -0.148. The van der Waals surface area contributed by atoms with E-state index in [1.807, 2.05) is 0 Å². The molecule has 0 spiro atoms. The van der Waals surface area contributed by atoms with Crippen LogP contribution in [0.25, 0.3) is 0 Å². The first kappa shape index (κ1) is 110. The molecule has 0 aromatic rings. The zero-order valence-electron chi connectivity index (χ0n) is 2.45. The van der Waals surface area contributed by atoms with Crippen molar-refractivity contribution >= 4 is 97.5 Å². The monoisotopic (exact) mass is 242 g/mol. The molecule has 0 aromatic carbocycles. The molecule has 0 N–H and O–H groups in total. The SMILES string of the molecule is Cl.Cl.Cl.Cl.Cl.Cl.[MgH2]. The molecule has 0 bridgehead atoms. The summed E-state index contributed by atoms with van der Waals surface area (Å²) in [5.74, 6) is 0. The first-order valence-corrected chi connectivity index (χ1v) is 0. The molecule has 0 saturated carbocycles. The summed E-state index contributed by atoms with van der Waals surface area (Å²) in [5.41, 5.74) is 0. The Bertz CT molecular complexity index is 4.14. The minimum Gasteiger partial charge on any atom is -0.147 e. The van der Waals surface area contributed by atoms with Gasteiger partial charge in [0.15, 0.2) is 0 Å². The van der Waals surface area contributed by atoms with Gasteiger partial charge in [-0.1, -0.05) is 0 Å². The van der Waals surface area contributed by atoms with Crippen molar-refractivity contribution in [3.8, 4) is 0 Å². The largest absolute Gasteiger partial charge is 0.316 e. The highest BCUT2D eigenvalue weighted by molar-refractivity contribution is 5.86. The van der Waals surface area contributed by atoms with Crippen LogP contribution in [-0.2, 0) is 0 Å². The quantitative estimate of drug-likeness (QED) is 0.569. The van der Waals surface area contributed by atoms with Crippen molar-refractivity contribution in [2.75, 3.05) is 0 Å². The fourth-order valence-corrected chi connectivity index (χ4v) is 0. The van der Waals surface area contributed by atoms with Crippen molar-refractivity contribution in [2.24, 2.45) is 0 Å². The second kappa shape index (κ2) is 76.3. The normalized spacial score (nSPS) is 0. The first-order valence-electron chi connectivity index (χ1n) is 0. The molecule has 0 nitrogen and oxygen atoms in total. The van der Waals surface area contributed by atoms with Crippen molar-refractivity contribution in [1.29, 1.82) is 0 Å². The molecular weight excluding hydrogens is 237 g/mol. The van der Waals surface area contributed by atoms with E-state index >= 15 is 0 Å².